The van der Waals surface area contributed by atoms with Gasteiger partial charge >= 0.3 is 0 Å². The first-order valence-corrected chi connectivity index (χ1v) is 4.88. The van der Waals surface area contributed by atoms with E-state index in [9.17, 15) is 10.1 Å². The summed E-state index contributed by atoms with van der Waals surface area (Å²) in [5, 5.41) is 12.3. The summed E-state index contributed by atoms with van der Waals surface area (Å²) in [5.41, 5.74) is -0.166. The van der Waals surface area contributed by atoms with E-state index in [0.717, 1.165) is 5.39 Å². The average molecular weight is 242 g/mol. The number of nitro groups is 1. The molecule has 0 unspecified atom stereocenters. The van der Waals surface area contributed by atoms with Gasteiger partial charge in [-0.2, -0.15) is 0 Å². The maximum atomic E-state index is 10.7. The molecule has 0 aromatic heterocycles. The predicted molar refractivity (Wildman–Crippen MR) is 60.6 cm³/mol. The van der Waals surface area contributed by atoms with Gasteiger partial charge in [0.2, 0.25) is 0 Å². The van der Waals surface area contributed by atoms with Crippen LogP contribution in [-0.4, -0.2) is 4.92 Å². The van der Waals surface area contributed by atoms with Crippen molar-refractivity contribution in [3.05, 3.63) is 50.5 Å². The molecule has 2 aromatic carbocycles. The van der Waals surface area contributed by atoms with Gasteiger partial charge in [0.25, 0.3) is 5.69 Å². The summed E-state index contributed by atoms with van der Waals surface area (Å²) >= 11 is 11.7. The minimum Gasteiger partial charge on any atom is -0.258 e. The molecule has 0 saturated heterocycles. The Hall–Kier alpha value is -1.32. The summed E-state index contributed by atoms with van der Waals surface area (Å²) in [6, 6.07) is 8.54. The van der Waals surface area contributed by atoms with E-state index in [2.05, 4.69) is 0 Å². The summed E-state index contributed by atoms with van der Waals surface area (Å²) in [4.78, 5) is 10.1. The summed E-state index contributed by atoms with van der Waals surface area (Å²) < 4.78 is 0. The van der Waals surface area contributed by atoms with Crippen molar-refractivity contribution in [1.29, 1.82) is 0 Å². The third-order valence-corrected chi connectivity index (χ3v) is 2.98. The standard InChI is InChI=1S/C10H5Cl2NO2/c11-9-7-4-2-1-3-6(7)5-8(10(9)12)13(14)15/h1-5H. The molecule has 2 aromatic rings. The third kappa shape index (κ3) is 1.64. The van der Waals surface area contributed by atoms with Crippen LogP contribution in [0.5, 0.6) is 0 Å². The minimum absolute atomic E-state index is 0.0135. The summed E-state index contributed by atoms with van der Waals surface area (Å²) in [7, 11) is 0. The molecular weight excluding hydrogens is 237 g/mol. The van der Waals surface area contributed by atoms with Gasteiger partial charge in [-0.05, 0) is 5.39 Å². The molecule has 0 spiro atoms. The van der Waals surface area contributed by atoms with Crippen molar-refractivity contribution in [2.24, 2.45) is 0 Å². The maximum absolute atomic E-state index is 10.7. The quantitative estimate of drug-likeness (QED) is 0.559. The van der Waals surface area contributed by atoms with E-state index in [0.29, 0.717) is 5.39 Å². The molecule has 0 heterocycles. The lowest BCUT2D eigenvalue weighted by Gasteiger charge is -2.03. The van der Waals surface area contributed by atoms with Crippen LogP contribution in [0.4, 0.5) is 5.69 Å². The molecule has 0 saturated carbocycles. The first-order chi connectivity index (χ1) is 7.11. The van der Waals surface area contributed by atoms with Crippen LogP contribution in [0.3, 0.4) is 0 Å². The van der Waals surface area contributed by atoms with Crippen LogP contribution < -0.4 is 0 Å². The van der Waals surface area contributed by atoms with E-state index < -0.39 is 4.92 Å². The fraction of sp³-hybridized carbons (Fsp3) is 0. The third-order valence-electron chi connectivity index (χ3n) is 2.10. The zero-order valence-corrected chi connectivity index (χ0v) is 8.92. The second kappa shape index (κ2) is 3.68. The zero-order chi connectivity index (χ0) is 11.0. The maximum Gasteiger partial charge on any atom is 0.290 e. The molecule has 76 valence electrons. The highest BCUT2D eigenvalue weighted by molar-refractivity contribution is 6.46. The van der Waals surface area contributed by atoms with E-state index in [1.807, 2.05) is 0 Å². The Morgan fingerprint density at radius 2 is 1.80 bits per heavy atom. The first-order valence-electron chi connectivity index (χ1n) is 4.12. The summed E-state index contributed by atoms with van der Waals surface area (Å²) in [5.74, 6) is 0. The molecule has 0 aliphatic carbocycles. The number of halogens is 2. The average Bonchev–Trinajstić information content (AvgIpc) is 2.23. The smallest absolute Gasteiger partial charge is 0.258 e. The van der Waals surface area contributed by atoms with Crippen molar-refractivity contribution in [3.8, 4) is 0 Å². The molecule has 0 aliphatic heterocycles. The van der Waals surface area contributed by atoms with Crippen molar-refractivity contribution in [2.75, 3.05) is 0 Å². The molecule has 0 N–H and O–H groups in total. The Morgan fingerprint density at radius 1 is 1.13 bits per heavy atom. The molecule has 0 bridgehead atoms. The number of rotatable bonds is 1. The molecule has 15 heavy (non-hydrogen) atoms. The van der Waals surface area contributed by atoms with Gasteiger partial charge in [-0.15, -0.1) is 0 Å². The van der Waals surface area contributed by atoms with Crippen LogP contribution in [0.15, 0.2) is 30.3 Å². The first kappa shape index (κ1) is 10.2. The lowest BCUT2D eigenvalue weighted by molar-refractivity contribution is -0.384. The number of nitro benzene ring substituents is 1. The SMILES string of the molecule is O=[N+]([O-])c1cc2ccccc2c(Cl)c1Cl. The Balaban J connectivity index is 2.88. The number of fused-ring (bicyclic) bond motifs is 1. The van der Waals surface area contributed by atoms with Crippen molar-refractivity contribution in [3.63, 3.8) is 0 Å². The number of hydrogen-bond donors (Lipinski definition) is 0. The van der Waals surface area contributed by atoms with Crippen molar-refractivity contribution in [1.82, 2.24) is 0 Å². The second-order valence-electron chi connectivity index (χ2n) is 3.00. The lowest BCUT2D eigenvalue weighted by Crippen LogP contribution is -1.90. The topological polar surface area (TPSA) is 43.1 Å². The number of nitrogens with zero attached hydrogens (tertiary/aromatic N) is 1. The zero-order valence-electron chi connectivity index (χ0n) is 7.41. The normalized spacial score (nSPS) is 10.5. The minimum atomic E-state index is -0.541. The molecule has 0 fully saturated rings. The fourth-order valence-electron chi connectivity index (χ4n) is 1.40. The monoisotopic (exact) mass is 241 g/mol. The molecule has 2 rings (SSSR count). The van der Waals surface area contributed by atoms with Gasteiger partial charge in [-0.25, -0.2) is 0 Å². The van der Waals surface area contributed by atoms with E-state index in [1.54, 1.807) is 24.3 Å². The van der Waals surface area contributed by atoms with Crippen LogP contribution >= 0.6 is 23.2 Å². The highest BCUT2D eigenvalue weighted by atomic mass is 35.5. The molecule has 0 aliphatic rings. The van der Waals surface area contributed by atoms with Crippen molar-refractivity contribution >= 4 is 39.7 Å². The Kier molecular flexibility index (Phi) is 2.50. The highest BCUT2D eigenvalue weighted by Crippen LogP contribution is 2.37. The van der Waals surface area contributed by atoms with E-state index >= 15 is 0 Å². The van der Waals surface area contributed by atoms with Gasteiger partial charge < -0.3 is 0 Å². The van der Waals surface area contributed by atoms with Crippen LogP contribution in [0.25, 0.3) is 10.8 Å². The van der Waals surface area contributed by atoms with Gasteiger partial charge in [0.15, 0.2) is 0 Å². The van der Waals surface area contributed by atoms with E-state index in [1.165, 1.54) is 6.07 Å². The van der Waals surface area contributed by atoms with Gasteiger partial charge in [-0.1, -0.05) is 47.5 Å². The van der Waals surface area contributed by atoms with E-state index in [-0.39, 0.29) is 15.7 Å². The van der Waals surface area contributed by atoms with Gasteiger partial charge in [0.1, 0.15) is 5.02 Å². The predicted octanol–water partition coefficient (Wildman–Crippen LogP) is 4.05. The van der Waals surface area contributed by atoms with Gasteiger partial charge in [0.05, 0.1) is 9.95 Å². The molecule has 3 nitrogen and oxygen atoms in total. The fourth-order valence-corrected chi connectivity index (χ4v) is 1.89. The Labute approximate surface area is 95.4 Å². The molecule has 0 amide bonds. The number of benzene rings is 2. The van der Waals surface area contributed by atoms with Gasteiger partial charge in [0, 0.05) is 11.5 Å². The van der Waals surface area contributed by atoms with Crippen LogP contribution in [0.1, 0.15) is 0 Å². The van der Waals surface area contributed by atoms with Crippen LogP contribution in [0.2, 0.25) is 10.0 Å². The molecule has 0 radical (unpaired) electrons. The van der Waals surface area contributed by atoms with E-state index in [4.69, 9.17) is 23.2 Å². The van der Waals surface area contributed by atoms with Crippen LogP contribution in [-0.2, 0) is 0 Å². The largest absolute Gasteiger partial charge is 0.290 e. The highest BCUT2D eigenvalue weighted by Gasteiger charge is 2.17. The van der Waals surface area contributed by atoms with Gasteiger partial charge in [-0.3, -0.25) is 10.1 Å². The molecule has 0 atom stereocenters. The Bertz CT molecular complexity index is 554. The second-order valence-corrected chi connectivity index (χ2v) is 3.76. The molecule has 5 heteroatoms. The van der Waals surface area contributed by atoms with Crippen molar-refractivity contribution < 1.29 is 4.92 Å². The Morgan fingerprint density at radius 3 is 2.47 bits per heavy atom. The molecular formula is C10H5Cl2NO2. The van der Waals surface area contributed by atoms with Crippen LogP contribution in [0, 0.1) is 10.1 Å². The summed E-state index contributed by atoms with van der Waals surface area (Å²) in [6.07, 6.45) is 0. The lowest BCUT2D eigenvalue weighted by atomic mass is 10.1. The number of hydrogen-bond acceptors (Lipinski definition) is 2. The summed E-state index contributed by atoms with van der Waals surface area (Å²) in [6.45, 7) is 0. The van der Waals surface area contributed by atoms with Crippen molar-refractivity contribution in [2.45, 2.75) is 0 Å².